The van der Waals surface area contributed by atoms with Crippen LogP contribution < -0.4 is 9.04 Å². The molecule has 162 valence electrons. The van der Waals surface area contributed by atoms with E-state index in [0.717, 1.165) is 11.1 Å². The van der Waals surface area contributed by atoms with Crippen LogP contribution in [0.2, 0.25) is 0 Å². The Morgan fingerprint density at radius 1 is 1.00 bits per heavy atom. The average molecular weight is 440 g/mol. The van der Waals surface area contributed by atoms with Crippen molar-refractivity contribution in [3.05, 3.63) is 89.5 Å². The van der Waals surface area contributed by atoms with Crippen LogP contribution in [0.1, 0.15) is 34.8 Å². The van der Waals surface area contributed by atoms with Crippen LogP contribution in [0.25, 0.3) is 0 Å². The van der Waals surface area contributed by atoms with Gasteiger partial charge in [0.15, 0.2) is 0 Å². The second-order valence-corrected chi connectivity index (χ2v) is 9.01. The molecule has 0 amide bonds. The van der Waals surface area contributed by atoms with Crippen LogP contribution >= 0.6 is 0 Å². The highest BCUT2D eigenvalue weighted by Gasteiger charge is 2.26. The zero-order chi connectivity index (χ0) is 22.4. The van der Waals surface area contributed by atoms with Gasteiger partial charge in [-0.25, -0.2) is 13.2 Å². The van der Waals surface area contributed by atoms with Crippen molar-refractivity contribution >= 4 is 21.7 Å². The predicted octanol–water partition coefficient (Wildman–Crippen LogP) is 4.88. The van der Waals surface area contributed by atoms with Gasteiger partial charge in [-0.2, -0.15) is 0 Å². The van der Waals surface area contributed by atoms with Gasteiger partial charge in [0.2, 0.25) is 0 Å². The van der Waals surface area contributed by atoms with Crippen LogP contribution in [0, 0.1) is 6.92 Å². The molecule has 0 fully saturated rings. The van der Waals surface area contributed by atoms with E-state index in [-0.39, 0.29) is 17.1 Å². The number of carboxylic acid groups (broad SMARTS) is 1. The molecule has 0 spiro atoms. The number of anilines is 1. The maximum Gasteiger partial charge on any atom is 0.335 e. The lowest BCUT2D eigenvalue weighted by atomic mass is 10.1. The number of sulfonamides is 1. The minimum atomic E-state index is -3.76. The third-order valence-corrected chi connectivity index (χ3v) is 6.56. The maximum absolute atomic E-state index is 13.4. The summed E-state index contributed by atoms with van der Waals surface area (Å²) < 4.78 is 34.1. The Bertz CT molecular complexity index is 1140. The number of aromatic carboxylic acids is 1. The summed E-state index contributed by atoms with van der Waals surface area (Å²) >= 11 is 0. The third-order valence-electron chi connectivity index (χ3n) is 4.74. The van der Waals surface area contributed by atoms with Crippen LogP contribution in [0.15, 0.2) is 77.7 Å². The van der Waals surface area contributed by atoms with Gasteiger partial charge in [0.25, 0.3) is 10.0 Å². The first-order valence-electron chi connectivity index (χ1n) is 9.96. The van der Waals surface area contributed by atoms with Gasteiger partial charge < -0.3 is 9.84 Å². The molecular formula is C24H25NO5S. The monoisotopic (exact) mass is 439 g/mol. The highest BCUT2D eigenvalue weighted by molar-refractivity contribution is 7.92. The molecule has 3 aromatic carbocycles. The van der Waals surface area contributed by atoms with E-state index in [1.807, 2.05) is 26.0 Å². The fourth-order valence-electron chi connectivity index (χ4n) is 3.14. The molecule has 0 atom stereocenters. The number of rotatable bonds is 9. The molecule has 1 N–H and O–H groups in total. The molecule has 6 nitrogen and oxygen atoms in total. The van der Waals surface area contributed by atoms with Gasteiger partial charge in [0, 0.05) is 6.54 Å². The van der Waals surface area contributed by atoms with Gasteiger partial charge in [-0.05, 0) is 60.9 Å². The van der Waals surface area contributed by atoms with Crippen molar-refractivity contribution < 1.29 is 23.1 Å². The van der Waals surface area contributed by atoms with Crippen LogP contribution in [0.4, 0.5) is 5.69 Å². The summed E-state index contributed by atoms with van der Waals surface area (Å²) in [7, 11) is -3.76. The third kappa shape index (κ3) is 5.24. The largest absolute Gasteiger partial charge is 0.487 e. The Balaban J connectivity index is 1.93. The van der Waals surface area contributed by atoms with E-state index in [1.54, 1.807) is 48.5 Å². The topological polar surface area (TPSA) is 83.9 Å². The molecule has 3 rings (SSSR count). The lowest BCUT2D eigenvalue weighted by Gasteiger charge is -2.26. The minimum absolute atomic E-state index is 0.182. The minimum Gasteiger partial charge on any atom is -0.487 e. The summed E-state index contributed by atoms with van der Waals surface area (Å²) in [5.74, 6) is -0.537. The van der Waals surface area contributed by atoms with Gasteiger partial charge in [0.05, 0.1) is 16.1 Å². The molecule has 3 aromatic rings. The zero-order valence-corrected chi connectivity index (χ0v) is 18.3. The molecule has 0 saturated heterocycles. The molecule has 0 aromatic heterocycles. The number of carbonyl (C=O) groups is 1. The van der Waals surface area contributed by atoms with Crippen molar-refractivity contribution in [2.24, 2.45) is 0 Å². The smallest absolute Gasteiger partial charge is 0.335 e. The summed E-state index contributed by atoms with van der Waals surface area (Å²) in [5, 5.41) is 9.04. The number of carboxylic acids is 1. The lowest BCUT2D eigenvalue weighted by Crippen LogP contribution is -2.32. The average Bonchev–Trinajstić information content (AvgIpc) is 2.77. The summed E-state index contributed by atoms with van der Waals surface area (Å²) in [5.41, 5.74) is 2.39. The molecule has 0 unspecified atom stereocenters. The molecule has 0 aliphatic heterocycles. The molecule has 0 aliphatic carbocycles. The highest BCUT2D eigenvalue weighted by atomic mass is 32.2. The van der Waals surface area contributed by atoms with Gasteiger partial charge in [-0.1, -0.05) is 43.3 Å². The van der Waals surface area contributed by atoms with Crippen LogP contribution in [-0.4, -0.2) is 26.0 Å². The Morgan fingerprint density at radius 3 is 2.29 bits per heavy atom. The molecule has 31 heavy (non-hydrogen) atoms. The first-order valence-corrected chi connectivity index (χ1v) is 11.4. The Labute approximate surface area is 182 Å². The van der Waals surface area contributed by atoms with Crippen molar-refractivity contribution in [3.63, 3.8) is 0 Å². The van der Waals surface area contributed by atoms with E-state index in [9.17, 15) is 13.2 Å². The fraction of sp³-hybridized carbons (Fsp3) is 0.208. The van der Waals surface area contributed by atoms with E-state index in [4.69, 9.17) is 9.84 Å². The quantitative estimate of drug-likeness (QED) is 0.514. The summed E-state index contributed by atoms with van der Waals surface area (Å²) in [6, 6.07) is 20.2. The number of nitrogens with zero attached hydrogens (tertiary/aromatic N) is 1. The van der Waals surface area contributed by atoms with Crippen molar-refractivity contribution in [2.45, 2.75) is 31.8 Å². The predicted molar refractivity (Wildman–Crippen MR) is 120 cm³/mol. The van der Waals surface area contributed by atoms with Gasteiger partial charge >= 0.3 is 5.97 Å². The van der Waals surface area contributed by atoms with E-state index in [1.165, 1.54) is 16.4 Å². The lowest BCUT2D eigenvalue weighted by molar-refractivity contribution is 0.0697. The summed E-state index contributed by atoms with van der Waals surface area (Å²) in [4.78, 5) is 11.2. The Morgan fingerprint density at radius 2 is 1.68 bits per heavy atom. The molecular weight excluding hydrogens is 414 g/mol. The summed E-state index contributed by atoms with van der Waals surface area (Å²) in [6.45, 7) is 4.33. The molecule has 0 radical (unpaired) electrons. The highest BCUT2D eigenvalue weighted by Crippen LogP contribution is 2.34. The molecule has 0 aliphatic rings. The second kappa shape index (κ2) is 9.66. The zero-order valence-electron chi connectivity index (χ0n) is 17.5. The number of ether oxygens (including phenoxy) is 1. The second-order valence-electron chi connectivity index (χ2n) is 7.15. The van der Waals surface area contributed by atoms with Crippen molar-refractivity contribution in [2.75, 3.05) is 10.8 Å². The first kappa shape index (κ1) is 22.4. The standard InChI is InChI=1S/C24H25NO5S/c1-3-15-25(31(28,29)21-7-5-4-6-8-21)22-14-9-18(2)16-23(22)30-17-19-10-12-20(13-11-19)24(26)27/h4-14,16H,3,15,17H2,1-2H3,(H,26,27). The summed E-state index contributed by atoms with van der Waals surface area (Å²) in [6.07, 6.45) is 0.635. The Hall–Kier alpha value is -3.32. The van der Waals surface area contributed by atoms with Gasteiger partial charge in [0.1, 0.15) is 12.4 Å². The van der Waals surface area contributed by atoms with Gasteiger partial charge in [-0.15, -0.1) is 0 Å². The number of hydrogen-bond acceptors (Lipinski definition) is 4. The van der Waals surface area contributed by atoms with Crippen LogP contribution in [-0.2, 0) is 16.6 Å². The fourth-order valence-corrected chi connectivity index (χ4v) is 4.73. The normalized spacial score (nSPS) is 11.2. The maximum atomic E-state index is 13.4. The molecule has 0 heterocycles. The van der Waals surface area contributed by atoms with Crippen molar-refractivity contribution in [1.82, 2.24) is 0 Å². The molecule has 0 saturated carbocycles. The SMILES string of the molecule is CCCN(c1ccc(C)cc1OCc1ccc(C(=O)O)cc1)S(=O)(=O)c1ccccc1. The first-order chi connectivity index (χ1) is 14.8. The van der Waals surface area contributed by atoms with Crippen molar-refractivity contribution in [3.8, 4) is 5.75 Å². The van der Waals surface area contributed by atoms with Gasteiger partial charge in [-0.3, -0.25) is 4.31 Å². The van der Waals surface area contributed by atoms with E-state index in [0.29, 0.717) is 24.4 Å². The van der Waals surface area contributed by atoms with Crippen LogP contribution in [0.5, 0.6) is 5.75 Å². The van der Waals surface area contributed by atoms with E-state index >= 15 is 0 Å². The number of hydrogen-bond donors (Lipinski definition) is 1. The van der Waals surface area contributed by atoms with E-state index < -0.39 is 16.0 Å². The van der Waals surface area contributed by atoms with E-state index in [2.05, 4.69) is 0 Å². The number of benzene rings is 3. The van der Waals surface area contributed by atoms with Crippen LogP contribution in [0.3, 0.4) is 0 Å². The Kier molecular flexibility index (Phi) is 6.97. The number of aryl methyl sites for hydroxylation is 1. The van der Waals surface area contributed by atoms with Crippen molar-refractivity contribution in [1.29, 1.82) is 0 Å². The molecule has 0 bridgehead atoms. The molecule has 7 heteroatoms.